The van der Waals surface area contributed by atoms with E-state index < -0.39 is 15.9 Å². The van der Waals surface area contributed by atoms with E-state index in [1.807, 2.05) is 0 Å². The van der Waals surface area contributed by atoms with Crippen LogP contribution >= 0.6 is 11.6 Å². The van der Waals surface area contributed by atoms with E-state index >= 15 is 0 Å². The third-order valence-corrected chi connectivity index (χ3v) is 4.78. The molecule has 1 aliphatic carbocycles. The van der Waals surface area contributed by atoms with Crippen LogP contribution in [-0.4, -0.2) is 19.3 Å². The molecule has 0 atom stereocenters. The maximum absolute atomic E-state index is 12.0. The van der Waals surface area contributed by atoms with Gasteiger partial charge in [0.1, 0.15) is 10.0 Å². The van der Waals surface area contributed by atoms with Crippen LogP contribution in [0.5, 0.6) is 0 Å². The van der Waals surface area contributed by atoms with Crippen molar-refractivity contribution < 1.29 is 13.2 Å². The minimum absolute atomic E-state index is 0.0546. The first kappa shape index (κ1) is 14.3. The lowest BCUT2D eigenvalue weighted by Crippen LogP contribution is -2.36. The molecular weight excluding hydrogens is 288 g/mol. The van der Waals surface area contributed by atoms with Gasteiger partial charge in [-0.25, -0.2) is 18.1 Å². The molecule has 0 radical (unpaired) electrons. The van der Waals surface area contributed by atoms with Gasteiger partial charge < -0.3 is 0 Å². The van der Waals surface area contributed by atoms with Crippen molar-refractivity contribution in [2.24, 2.45) is 5.92 Å². The van der Waals surface area contributed by atoms with Gasteiger partial charge in [0.2, 0.25) is 5.91 Å². The van der Waals surface area contributed by atoms with Gasteiger partial charge in [-0.05, 0) is 25.0 Å². The second-order valence-corrected chi connectivity index (χ2v) is 6.69. The Morgan fingerprint density at radius 3 is 2.53 bits per heavy atom. The summed E-state index contributed by atoms with van der Waals surface area (Å²) >= 11 is 5.60. The van der Waals surface area contributed by atoms with E-state index in [1.165, 1.54) is 12.1 Å². The summed E-state index contributed by atoms with van der Waals surface area (Å²) in [7, 11) is -3.85. The Morgan fingerprint density at radius 1 is 1.26 bits per heavy atom. The molecule has 5 nitrogen and oxygen atoms in total. The van der Waals surface area contributed by atoms with Crippen LogP contribution in [0, 0.1) is 5.92 Å². The van der Waals surface area contributed by atoms with Gasteiger partial charge >= 0.3 is 0 Å². The Kier molecular flexibility index (Phi) is 4.42. The molecule has 1 fully saturated rings. The van der Waals surface area contributed by atoms with Gasteiger partial charge in [-0.15, -0.1) is 0 Å². The molecule has 1 N–H and O–H groups in total. The second-order valence-electron chi connectivity index (χ2n) is 4.62. The van der Waals surface area contributed by atoms with E-state index in [0.29, 0.717) is 0 Å². The Balaban J connectivity index is 2.08. The van der Waals surface area contributed by atoms with E-state index in [4.69, 9.17) is 11.6 Å². The van der Waals surface area contributed by atoms with Crippen LogP contribution < -0.4 is 4.72 Å². The third-order valence-electron chi connectivity index (χ3n) is 3.22. The van der Waals surface area contributed by atoms with Crippen LogP contribution in [0.1, 0.15) is 32.1 Å². The fourth-order valence-corrected chi connectivity index (χ4v) is 3.26. The Bertz CT molecular complexity index is 551. The number of hydrogen-bond donors (Lipinski definition) is 1. The smallest absolute Gasteiger partial charge is 0.265 e. The number of nitrogens with zero attached hydrogens (tertiary/aromatic N) is 1. The Morgan fingerprint density at radius 2 is 1.95 bits per heavy atom. The summed E-state index contributed by atoms with van der Waals surface area (Å²) in [6.07, 6.45) is 5.69. The van der Waals surface area contributed by atoms with Gasteiger partial charge in [0.25, 0.3) is 10.0 Å². The number of rotatable bonds is 3. The number of sulfonamides is 1. The molecule has 0 aliphatic heterocycles. The predicted molar refractivity (Wildman–Crippen MR) is 71.2 cm³/mol. The number of carbonyl (C=O) groups excluding carboxylic acids is 1. The maximum atomic E-state index is 12.0. The van der Waals surface area contributed by atoms with Crippen LogP contribution in [0.3, 0.4) is 0 Å². The van der Waals surface area contributed by atoms with E-state index in [0.717, 1.165) is 38.3 Å². The molecule has 0 aromatic carbocycles. The average Bonchev–Trinajstić information content (AvgIpc) is 2.40. The fraction of sp³-hybridized carbons (Fsp3) is 0.500. The van der Waals surface area contributed by atoms with Crippen molar-refractivity contribution in [3.8, 4) is 0 Å². The summed E-state index contributed by atoms with van der Waals surface area (Å²) in [5.74, 6) is -0.626. The van der Waals surface area contributed by atoms with Crippen LogP contribution in [0.25, 0.3) is 0 Å². The number of nitrogens with one attached hydrogen (secondary N) is 1. The quantitative estimate of drug-likeness (QED) is 0.868. The topological polar surface area (TPSA) is 76.1 Å². The van der Waals surface area contributed by atoms with Gasteiger partial charge in [0.05, 0.1) is 0 Å². The van der Waals surface area contributed by atoms with Gasteiger partial charge in [0, 0.05) is 12.1 Å². The van der Waals surface area contributed by atoms with E-state index in [9.17, 15) is 13.2 Å². The standard InChI is InChI=1S/C12H15ClN2O3S/c13-11-7-6-10(8-14-11)19(17,18)15-12(16)9-4-2-1-3-5-9/h6-9H,1-5H2,(H,15,16). The normalized spacial score (nSPS) is 17.1. The van der Waals surface area contributed by atoms with Crippen molar-refractivity contribution >= 4 is 27.5 Å². The molecule has 2 rings (SSSR count). The van der Waals surface area contributed by atoms with Gasteiger partial charge in [0.15, 0.2) is 0 Å². The summed E-state index contributed by atoms with van der Waals surface area (Å²) in [5, 5.41) is 0.206. The number of pyridine rings is 1. The van der Waals surface area contributed by atoms with Crippen molar-refractivity contribution in [3.05, 3.63) is 23.5 Å². The zero-order valence-corrected chi connectivity index (χ0v) is 11.9. The van der Waals surface area contributed by atoms with Crippen molar-refractivity contribution in [1.82, 2.24) is 9.71 Å². The minimum atomic E-state index is -3.85. The molecule has 0 spiro atoms. The summed E-state index contributed by atoms with van der Waals surface area (Å²) in [4.78, 5) is 15.6. The molecule has 0 bridgehead atoms. The lowest BCUT2D eigenvalue weighted by atomic mass is 9.89. The Labute approximate surface area is 117 Å². The highest BCUT2D eigenvalue weighted by Crippen LogP contribution is 2.24. The average molecular weight is 303 g/mol. The molecular formula is C12H15ClN2O3S. The monoisotopic (exact) mass is 302 g/mol. The second kappa shape index (κ2) is 5.88. The van der Waals surface area contributed by atoms with E-state index in [1.54, 1.807) is 0 Å². The van der Waals surface area contributed by atoms with Crippen LogP contribution in [0.2, 0.25) is 5.15 Å². The van der Waals surface area contributed by atoms with E-state index in [-0.39, 0.29) is 16.0 Å². The summed E-state index contributed by atoms with van der Waals surface area (Å²) in [6.45, 7) is 0. The molecule has 0 unspecified atom stereocenters. The van der Waals surface area contributed by atoms with E-state index in [2.05, 4.69) is 9.71 Å². The first-order chi connectivity index (χ1) is 8.99. The Hall–Kier alpha value is -1.14. The summed E-state index contributed by atoms with van der Waals surface area (Å²) < 4.78 is 26.1. The highest BCUT2D eigenvalue weighted by molar-refractivity contribution is 7.90. The van der Waals surface area contributed by atoms with Crippen molar-refractivity contribution in [3.63, 3.8) is 0 Å². The van der Waals surface area contributed by atoms with Crippen molar-refractivity contribution in [1.29, 1.82) is 0 Å². The van der Waals surface area contributed by atoms with Crippen LogP contribution in [0.4, 0.5) is 0 Å². The SMILES string of the molecule is O=C(NS(=O)(=O)c1ccc(Cl)nc1)C1CCCCC1. The first-order valence-electron chi connectivity index (χ1n) is 6.17. The van der Waals surface area contributed by atoms with Gasteiger partial charge in [-0.1, -0.05) is 30.9 Å². The molecule has 104 valence electrons. The maximum Gasteiger partial charge on any atom is 0.265 e. The third kappa shape index (κ3) is 3.67. The molecule has 1 aromatic heterocycles. The molecule has 1 aliphatic rings. The number of carbonyl (C=O) groups is 1. The number of hydrogen-bond acceptors (Lipinski definition) is 4. The molecule has 1 heterocycles. The molecule has 1 saturated carbocycles. The zero-order valence-electron chi connectivity index (χ0n) is 10.3. The van der Waals surface area contributed by atoms with Gasteiger partial charge in [-0.2, -0.15) is 0 Å². The lowest BCUT2D eigenvalue weighted by Gasteiger charge is -2.20. The molecule has 0 saturated heterocycles. The largest absolute Gasteiger partial charge is 0.274 e. The van der Waals surface area contributed by atoms with Gasteiger partial charge in [-0.3, -0.25) is 4.79 Å². The zero-order chi connectivity index (χ0) is 13.9. The summed E-state index contributed by atoms with van der Waals surface area (Å²) in [6, 6.07) is 2.70. The molecule has 1 aromatic rings. The molecule has 19 heavy (non-hydrogen) atoms. The first-order valence-corrected chi connectivity index (χ1v) is 8.03. The van der Waals surface area contributed by atoms with Crippen LogP contribution in [0.15, 0.2) is 23.2 Å². The lowest BCUT2D eigenvalue weighted by molar-refractivity contribution is -0.124. The highest BCUT2D eigenvalue weighted by atomic mass is 35.5. The van der Waals surface area contributed by atoms with Crippen molar-refractivity contribution in [2.45, 2.75) is 37.0 Å². The highest BCUT2D eigenvalue weighted by Gasteiger charge is 2.26. The minimum Gasteiger partial charge on any atom is -0.274 e. The number of aromatic nitrogens is 1. The summed E-state index contributed by atoms with van der Waals surface area (Å²) in [5.41, 5.74) is 0. The fourth-order valence-electron chi connectivity index (χ4n) is 2.16. The molecule has 1 amide bonds. The predicted octanol–water partition coefficient (Wildman–Crippen LogP) is 2.12. The number of amides is 1. The van der Waals surface area contributed by atoms with Crippen molar-refractivity contribution in [2.75, 3.05) is 0 Å². The van der Waals surface area contributed by atoms with Crippen LogP contribution in [-0.2, 0) is 14.8 Å². The molecule has 7 heteroatoms. The number of halogens is 1.